The van der Waals surface area contributed by atoms with E-state index >= 15 is 0 Å². The molecule has 0 aliphatic heterocycles. The third-order valence-corrected chi connectivity index (χ3v) is 2.83. The van der Waals surface area contributed by atoms with E-state index in [-0.39, 0.29) is 0 Å². The molecule has 1 aromatic rings. The molecule has 15 heavy (non-hydrogen) atoms. The molecule has 0 saturated carbocycles. The van der Waals surface area contributed by atoms with Crippen molar-refractivity contribution in [2.45, 2.75) is 39.3 Å². The van der Waals surface area contributed by atoms with Gasteiger partial charge in [-0.2, -0.15) is 10.4 Å². The Morgan fingerprint density at radius 3 is 2.60 bits per heavy atom. The molecule has 5 heteroatoms. The van der Waals surface area contributed by atoms with E-state index in [2.05, 4.69) is 21.0 Å². The van der Waals surface area contributed by atoms with E-state index < -0.39 is 5.60 Å². The highest BCUT2D eigenvalue weighted by Crippen LogP contribution is 2.24. The molecule has 0 spiro atoms. The van der Waals surface area contributed by atoms with Crippen molar-refractivity contribution in [3.8, 4) is 6.07 Å². The lowest BCUT2D eigenvalue weighted by Crippen LogP contribution is -2.24. The predicted octanol–water partition coefficient (Wildman–Crippen LogP) is 1.85. The molecule has 0 atom stereocenters. The average molecular weight is 272 g/mol. The lowest BCUT2D eigenvalue weighted by molar-refractivity contribution is 0.0785. The Labute approximate surface area is 97.6 Å². The highest BCUT2D eigenvalue weighted by atomic mass is 79.9. The summed E-state index contributed by atoms with van der Waals surface area (Å²) in [5.74, 6) is 0. The maximum Gasteiger partial charge on any atom is 0.176 e. The van der Waals surface area contributed by atoms with Crippen LogP contribution in [0.5, 0.6) is 0 Å². The molecular formula is C10H14BrN3O. The molecule has 1 heterocycles. The molecule has 82 valence electrons. The Morgan fingerprint density at radius 1 is 1.60 bits per heavy atom. The Kier molecular flexibility index (Phi) is 3.53. The van der Waals surface area contributed by atoms with E-state index in [4.69, 9.17) is 5.26 Å². The predicted molar refractivity (Wildman–Crippen MR) is 60.3 cm³/mol. The van der Waals surface area contributed by atoms with Crippen molar-refractivity contribution in [3.63, 3.8) is 0 Å². The van der Waals surface area contributed by atoms with Gasteiger partial charge in [-0.3, -0.25) is 4.68 Å². The van der Waals surface area contributed by atoms with Gasteiger partial charge in [0.25, 0.3) is 0 Å². The quantitative estimate of drug-likeness (QED) is 0.913. The van der Waals surface area contributed by atoms with Crippen molar-refractivity contribution < 1.29 is 5.11 Å². The smallest absolute Gasteiger partial charge is 0.176 e. The van der Waals surface area contributed by atoms with E-state index in [0.717, 1.165) is 5.69 Å². The molecule has 1 rings (SSSR count). The minimum Gasteiger partial charge on any atom is -0.390 e. The van der Waals surface area contributed by atoms with Crippen LogP contribution in [0.4, 0.5) is 0 Å². The molecule has 0 bridgehead atoms. The fraction of sp³-hybridized carbons (Fsp3) is 0.600. The van der Waals surface area contributed by atoms with Gasteiger partial charge in [0.2, 0.25) is 0 Å². The molecule has 0 amide bonds. The summed E-state index contributed by atoms with van der Waals surface area (Å²) in [5.41, 5.74) is 0.431. The molecule has 0 radical (unpaired) electrons. The van der Waals surface area contributed by atoms with Gasteiger partial charge >= 0.3 is 0 Å². The van der Waals surface area contributed by atoms with Crippen molar-refractivity contribution in [1.82, 2.24) is 9.78 Å². The van der Waals surface area contributed by atoms with Gasteiger partial charge in [-0.15, -0.1) is 0 Å². The van der Waals surface area contributed by atoms with Gasteiger partial charge in [0, 0.05) is 13.0 Å². The zero-order valence-corrected chi connectivity index (χ0v) is 10.7. The lowest BCUT2D eigenvalue weighted by atomic mass is 10.0. The molecular weight excluding hydrogens is 258 g/mol. The summed E-state index contributed by atoms with van der Waals surface area (Å²) in [7, 11) is 0. The fourth-order valence-electron chi connectivity index (χ4n) is 1.39. The van der Waals surface area contributed by atoms with Crippen LogP contribution in [0.3, 0.4) is 0 Å². The number of hydrogen-bond acceptors (Lipinski definition) is 3. The Balaban J connectivity index is 3.16. The molecule has 1 aromatic heterocycles. The summed E-state index contributed by atoms with van der Waals surface area (Å²) in [4.78, 5) is 0. The van der Waals surface area contributed by atoms with Crippen LogP contribution in [0.2, 0.25) is 0 Å². The molecule has 0 unspecified atom stereocenters. The fourth-order valence-corrected chi connectivity index (χ4v) is 1.90. The molecule has 0 saturated heterocycles. The van der Waals surface area contributed by atoms with Gasteiger partial charge in [0.05, 0.1) is 15.8 Å². The maximum absolute atomic E-state index is 9.75. The van der Waals surface area contributed by atoms with Crippen LogP contribution in [0.1, 0.15) is 32.2 Å². The Morgan fingerprint density at radius 2 is 2.20 bits per heavy atom. The van der Waals surface area contributed by atoms with Crippen LogP contribution in [-0.4, -0.2) is 20.5 Å². The first-order chi connectivity index (χ1) is 6.89. The van der Waals surface area contributed by atoms with Crippen molar-refractivity contribution in [1.29, 1.82) is 5.26 Å². The summed E-state index contributed by atoms with van der Waals surface area (Å²) in [5, 5.41) is 22.7. The first-order valence-electron chi connectivity index (χ1n) is 4.76. The molecule has 0 fully saturated rings. The number of hydrogen-bond donors (Lipinski definition) is 1. The molecule has 0 aliphatic rings. The Hall–Kier alpha value is -0.860. The van der Waals surface area contributed by atoms with Gasteiger partial charge in [-0.05, 0) is 36.7 Å². The van der Waals surface area contributed by atoms with Gasteiger partial charge < -0.3 is 5.11 Å². The van der Waals surface area contributed by atoms with Crippen LogP contribution >= 0.6 is 15.9 Å². The first kappa shape index (κ1) is 12.2. The van der Waals surface area contributed by atoms with Gasteiger partial charge in [-0.1, -0.05) is 0 Å². The molecule has 4 nitrogen and oxygen atoms in total. The number of aliphatic hydroxyl groups is 1. The number of rotatable bonds is 3. The number of nitriles is 1. The lowest BCUT2D eigenvalue weighted by Gasteiger charge is -2.17. The second-order valence-electron chi connectivity index (χ2n) is 4.03. The van der Waals surface area contributed by atoms with E-state index in [1.54, 1.807) is 18.5 Å². The summed E-state index contributed by atoms with van der Waals surface area (Å²) in [6.07, 6.45) is 0.468. The maximum atomic E-state index is 9.75. The molecule has 0 aromatic carbocycles. The second kappa shape index (κ2) is 4.33. The van der Waals surface area contributed by atoms with Crippen molar-refractivity contribution in [2.24, 2.45) is 0 Å². The molecule has 0 aliphatic carbocycles. The molecule has 1 N–H and O–H groups in total. The topological polar surface area (TPSA) is 61.8 Å². The highest BCUT2D eigenvalue weighted by Gasteiger charge is 2.21. The monoisotopic (exact) mass is 271 g/mol. The van der Waals surface area contributed by atoms with E-state index in [1.807, 2.05) is 13.0 Å². The van der Waals surface area contributed by atoms with E-state index in [0.29, 0.717) is 23.1 Å². The van der Waals surface area contributed by atoms with Crippen LogP contribution in [0.15, 0.2) is 4.47 Å². The first-order valence-corrected chi connectivity index (χ1v) is 5.56. The minimum atomic E-state index is -0.803. The second-order valence-corrected chi connectivity index (χ2v) is 4.82. The van der Waals surface area contributed by atoms with Gasteiger partial charge in [-0.25, -0.2) is 0 Å². The summed E-state index contributed by atoms with van der Waals surface area (Å²) in [6, 6.07) is 2.02. The van der Waals surface area contributed by atoms with Crippen LogP contribution in [-0.2, 0) is 13.0 Å². The third kappa shape index (κ3) is 2.80. The van der Waals surface area contributed by atoms with Crippen LogP contribution in [0, 0.1) is 11.3 Å². The van der Waals surface area contributed by atoms with Gasteiger partial charge in [0.1, 0.15) is 6.07 Å². The van der Waals surface area contributed by atoms with Gasteiger partial charge in [0.15, 0.2) is 5.69 Å². The van der Waals surface area contributed by atoms with Crippen LogP contribution in [0.25, 0.3) is 0 Å². The zero-order chi connectivity index (χ0) is 11.6. The van der Waals surface area contributed by atoms with E-state index in [9.17, 15) is 5.11 Å². The average Bonchev–Trinajstić information content (AvgIpc) is 2.42. The van der Waals surface area contributed by atoms with Crippen molar-refractivity contribution >= 4 is 15.9 Å². The minimum absolute atomic E-state index is 0.371. The number of aryl methyl sites for hydroxylation is 1. The summed E-state index contributed by atoms with van der Waals surface area (Å²) >= 11 is 3.34. The SMILES string of the molecule is CCn1nc(C#N)c(Br)c1CC(C)(C)O. The Bertz CT molecular complexity index is 398. The number of nitrogens with zero attached hydrogens (tertiary/aromatic N) is 3. The normalized spacial score (nSPS) is 11.5. The zero-order valence-electron chi connectivity index (χ0n) is 9.08. The van der Waals surface area contributed by atoms with E-state index in [1.165, 1.54) is 0 Å². The number of halogens is 1. The third-order valence-electron chi connectivity index (χ3n) is 2.00. The summed E-state index contributed by atoms with van der Waals surface area (Å²) < 4.78 is 2.43. The highest BCUT2D eigenvalue weighted by molar-refractivity contribution is 9.10. The van der Waals surface area contributed by atoms with Crippen molar-refractivity contribution in [3.05, 3.63) is 15.9 Å². The van der Waals surface area contributed by atoms with Crippen LogP contribution < -0.4 is 0 Å². The van der Waals surface area contributed by atoms with Crippen molar-refractivity contribution in [2.75, 3.05) is 0 Å². The standard InChI is InChI=1S/C10H14BrN3O/c1-4-14-8(5-10(2,3)15)9(11)7(6-12)13-14/h15H,4-5H2,1-3H3. The largest absolute Gasteiger partial charge is 0.390 e. The number of aromatic nitrogens is 2. The summed E-state index contributed by atoms with van der Waals surface area (Å²) in [6.45, 7) is 6.11.